The maximum absolute atomic E-state index is 13.1. The fourth-order valence-electron chi connectivity index (χ4n) is 5.17. The first kappa shape index (κ1) is 19.9. The van der Waals surface area contributed by atoms with Crippen molar-refractivity contribution in [2.75, 3.05) is 26.3 Å². The number of rotatable bonds is 1. The zero-order valence-corrected chi connectivity index (χ0v) is 18.5. The molecule has 164 valence electrons. The maximum atomic E-state index is 13.1. The van der Waals surface area contributed by atoms with Gasteiger partial charge < -0.3 is 19.1 Å². The third-order valence-corrected chi connectivity index (χ3v) is 7.08. The van der Waals surface area contributed by atoms with Crippen LogP contribution < -0.4 is 9.47 Å². The smallest absolute Gasteiger partial charge is 0.302 e. The molecular formula is C26H24ClNO4. The van der Waals surface area contributed by atoms with E-state index >= 15 is 0 Å². The summed E-state index contributed by atoms with van der Waals surface area (Å²) in [6.07, 6.45) is 8.15. The molecule has 1 saturated heterocycles. The average Bonchev–Trinajstić information content (AvgIpc) is 3.15. The number of carbonyl (C=O) groups is 1. The highest BCUT2D eigenvalue weighted by molar-refractivity contribution is 6.34. The molecule has 2 heterocycles. The topological polar surface area (TPSA) is 48.0 Å². The van der Waals surface area contributed by atoms with Gasteiger partial charge in [-0.3, -0.25) is 4.79 Å². The first-order chi connectivity index (χ1) is 15.7. The molecule has 6 rings (SSSR count). The summed E-state index contributed by atoms with van der Waals surface area (Å²) < 4.78 is 18.7. The van der Waals surface area contributed by atoms with Crippen LogP contribution in [0.3, 0.4) is 0 Å². The Kier molecular flexibility index (Phi) is 4.77. The normalized spacial score (nSPS) is 23.7. The summed E-state index contributed by atoms with van der Waals surface area (Å²) in [5.74, 6) is 0.0163. The average molecular weight is 450 g/mol. The second-order valence-corrected chi connectivity index (χ2v) is 9.01. The Morgan fingerprint density at radius 2 is 1.78 bits per heavy atom. The van der Waals surface area contributed by atoms with E-state index in [-0.39, 0.29) is 5.91 Å². The molecule has 1 fully saturated rings. The standard InChI is InChI=1S/C26H24ClNO4/c27-22-16-24-23(15-19(22)25(29)28-11-13-30-14-12-28)31-26(32-24)20-7-3-1-5-17(20)9-10-18-6-2-4-8-21(18)26/h1-3,5-7,15-16H,4,8-14H2. The lowest BCUT2D eigenvalue weighted by atomic mass is 9.87. The number of hydrogen-bond donors (Lipinski definition) is 0. The van der Waals surface area contributed by atoms with Crippen LogP contribution in [0.15, 0.2) is 59.7 Å². The van der Waals surface area contributed by atoms with Gasteiger partial charge in [0.2, 0.25) is 0 Å². The summed E-state index contributed by atoms with van der Waals surface area (Å²) >= 11 is 6.58. The van der Waals surface area contributed by atoms with E-state index < -0.39 is 5.79 Å². The van der Waals surface area contributed by atoms with Crippen molar-refractivity contribution >= 4 is 17.5 Å². The molecule has 1 unspecified atom stereocenters. The van der Waals surface area contributed by atoms with Crippen LogP contribution >= 0.6 is 11.6 Å². The molecule has 0 bridgehead atoms. The zero-order chi connectivity index (χ0) is 21.7. The number of hydrogen-bond acceptors (Lipinski definition) is 4. The van der Waals surface area contributed by atoms with Crippen LogP contribution in [0.25, 0.3) is 0 Å². The molecule has 2 aromatic carbocycles. The Morgan fingerprint density at radius 1 is 1.00 bits per heavy atom. The van der Waals surface area contributed by atoms with E-state index in [1.54, 1.807) is 17.0 Å². The van der Waals surface area contributed by atoms with Crippen LogP contribution in [0.5, 0.6) is 11.5 Å². The van der Waals surface area contributed by atoms with Crippen molar-refractivity contribution in [2.45, 2.75) is 31.5 Å². The number of morpholine rings is 1. The SMILES string of the molecule is O=C(c1cc2c(cc1Cl)OC1(O2)C2=C(C=CCC2)CCc2ccccc21)N1CCOCC1. The summed E-state index contributed by atoms with van der Waals surface area (Å²) in [7, 11) is 0. The van der Waals surface area contributed by atoms with E-state index in [1.165, 1.54) is 16.7 Å². The number of fused-ring (bicyclic) bond motifs is 4. The molecule has 0 N–H and O–H groups in total. The van der Waals surface area contributed by atoms with Gasteiger partial charge in [-0.25, -0.2) is 0 Å². The van der Waals surface area contributed by atoms with Crippen molar-refractivity contribution in [1.82, 2.24) is 4.90 Å². The number of halogens is 1. The van der Waals surface area contributed by atoms with Gasteiger partial charge in [0.1, 0.15) is 0 Å². The van der Waals surface area contributed by atoms with Crippen LogP contribution in [-0.4, -0.2) is 37.1 Å². The van der Waals surface area contributed by atoms with E-state index in [2.05, 4.69) is 30.4 Å². The highest BCUT2D eigenvalue weighted by atomic mass is 35.5. The lowest BCUT2D eigenvalue weighted by Gasteiger charge is -2.33. The lowest BCUT2D eigenvalue weighted by Crippen LogP contribution is -2.40. The molecule has 0 radical (unpaired) electrons. The highest BCUT2D eigenvalue weighted by Gasteiger charge is 2.50. The summed E-state index contributed by atoms with van der Waals surface area (Å²) in [4.78, 5) is 14.9. The highest BCUT2D eigenvalue weighted by Crippen LogP contribution is 2.53. The Balaban J connectivity index is 1.45. The van der Waals surface area contributed by atoms with Gasteiger partial charge >= 0.3 is 5.79 Å². The van der Waals surface area contributed by atoms with E-state index in [9.17, 15) is 4.79 Å². The predicted molar refractivity (Wildman–Crippen MR) is 121 cm³/mol. The Morgan fingerprint density at radius 3 is 2.62 bits per heavy atom. The van der Waals surface area contributed by atoms with Crippen LogP contribution in [0.4, 0.5) is 0 Å². The first-order valence-electron chi connectivity index (χ1n) is 11.2. The zero-order valence-electron chi connectivity index (χ0n) is 17.7. The second-order valence-electron chi connectivity index (χ2n) is 8.61. The van der Waals surface area contributed by atoms with E-state index in [0.717, 1.165) is 31.2 Å². The van der Waals surface area contributed by atoms with Gasteiger partial charge in [-0.15, -0.1) is 0 Å². The number of allylic oxidation sites excluding steroid dienone is 3. The lowest BCUT2D eigenvalue weighted by molar-refractivity contribution is -0.0535. The molecule has 1 atom stereocenters. The Labute approximate surface area is 192 Å². The fourth-order valence-corrected chi connectivity index (χ4v) is 5.41. The minimum absolute atomic E-state index is 0.104. The molecule has 32 heavy (non-hydrogen) atoms. The van der Waals surface area contributed by atoms with E-state index in [0.29, 0.717) is 48.4 Å². The molecule has 2 aromatic rings. The third kappa shape index (κ3) is 3.06. The molecule has 2 aliphatic carbocycles. The van der Waals surface area contributed by atoms with Crippen molar-refractivity contribution in [3.63, 3.8) is 0 Å². The minimum atomic E-state index is -1.01. The quantitative estimate of drug-likeness (QED) is 0.612. The maximum Gasteiger partial charge on any atom is 0.302 e. The first-order valence-corrected chi connectivity index (χ1v) is 11.6. The molecule has 6 heteroatoms. The summed E-state index contributed by atoms with van der Waals surface area (Å²) in [6.45, 7) is 2.20. The number of ether oxygens (including phenoxy) is 3. The second kappa shape index (κ2) is 7.68. The van der Waals surface area contributed by atoms with Gasteiger partial charge in [-0.2, -0.15) is 0 Å². The summed E-state index contributed by atoms with van der Waals surface area (Å²) in [5.41, 5.74) is 5.13. The van der Waals surface area contributed by atoms with Crippen molar-refractivity contribution in [2.24, 2.45) is 0 Å². The van der Waals surface area contributed by atoms with Crippen molar-refractivity contribution in [1.29, 1.82) is 0 Å². The van der Waals surface area contributed by atoms with Crippen molar-refractivity contribution in [3.8, 4) is 11.5 Å². The van der Waals surface area contributed by atoms with Crippen LogP contribution in [-0.2, 0) is 16.9 Å². The number of carbonyl (C=O) groups excluding carboxylic acids is 1. The van der Waals surface area contributed by atoms with Gasteiger partial charge in [-0.05, 0) is 42.9 Å². The van der Waals surface area contributed by atoms with Gasteiger partial charge in [0, 0.05) is 30.3 Å². The molecule has 4 aliphatic rings. The monoisotopic (exact) mass is 449 g/mol. The van der Waals surface area contributed by atoms with Gasteiger partial charge in [-0.1, -0.05) is 48.0 Å². The molecular weight excluding hydrogens is 426 g/mol. The molecule has 2 aliphatic heterocycles. The van der Waals surface area contributed by atoms with Gasteiger partial charge in [0.15, 0.2) is 11.5 Å². The minimum Gasteiger partial charge on any atom is -0.441 e. The fraction of sp³-hybridized carbons (Fsp3) is 0.346. The molecule has 0 aromatic heterocycles. The number of benzene rings is 2. The van der Waals surface area contributed by atoms with Gasteiger partial charge in [0.05, 0.1) is 23.8 Å². The summed E-state index contributed by atoms with van der Waals surface area (Å²) in [5, 5.41) is 0.376. The molecule has 5 nitrogen and oxygen atoms in total. The third-order valence-electron chi connectivity index (χ3n) is 6.77. The number of nitrogens with zero attached hydrogens (tertiary/aromatic N) is 1. The molecule has 1 amide bonds. The van der Waals surface area contributed by atoms with Crippen molar-refractivity contribution in [3.05, 3.63) is 81.4 Å². The molecule has 1 spiro atoms. The van der Waals surface area contributed by atoms with Gasteiger partial charge in [0.25, 0.3) is 5.91 Å². The predicted octanol–water partition coefficient (Wildman–Crippen LogP) is 5.03. The summed E-state index contributed by atoms with van der Waals surface area (Å²) in [6, 6.07) is 11.8. The Hall–Kier alpha value is -2.76. The molecule has 0 saturated carbocycles. The van der Waals surface area contributed by atoms with E-state index in [1.807, 2.05) is 6.07 Å². The van der Waals surface area contributed by atoms with Crippen LogP contribution in [0, 0.1) is 0 Å². The number of amides is 1. The van der Waals surface area contributed by atoms with E-state index in [4.69, 9.17) is 25.8 Å². The van der Waals surface area contributed by atoms with Crippen LogP contribution in [0.1, 0.15) is 40.7 Å². The Bertz CT molecular complexity index is 1160. The largest absolute Gasteiger partial charge is 0.441 e. The van der Waals surface area contributed by atoms with Crippen LogP contribution in [0.2, 0.25) is 5.02 Å². The van der Waals surface area contributed by atoms with Crippen molar-refractivity contribution < 1.29 is 19.0 Å². The number of aryl methyl sites for hydroxylation is 1.